The quantitative estimate of drug-likeness (QED) is 0.588. The maximum Gasteiger partial charge on any atom is 0.335 e. The summed E-state index contributed by atoms with van der Waals surface area (Å²) in [4.78, 5) is 30.5. The Morgan fingerprint density at radius 2 is 1.90 bits per heavy atom. The zero-order valence-electron chi connectivity index (χ0n) is 16.5. The van der Waals surface area contributed by atoms with Crippen molar-refractivity contribution in [1.29, 1.82) is 0 Å². The Morgan fingerprint density at radius 3 is 2.55 bits per heavy atom. The number of hydrogen-bond acceptors (Lipinski definition) is 4. The highest BCUT2D eigenvalue weighted by Gasteiger charge is 2.20. The van der Waals surface area contributed by atoms with E-state index in [1.165, 1.54) is 6.20 Å². The summed E-state index contributed by atoms with van der Waals surface area (Å²) in [6.07, 6.45) is 1.52. The molecule has 0 fully saturated rings. The topological polar surface area (TPSA) is 82.5 Å². The maximum absolute atomic E-state index is 13.0. The first-order chi connectivity index (χ1) is 13.9. The van der Waals surface area contributed by atoms with Crippen molar-refractivity contribution < 1.29 is 14.7 Å². The number of halogens is 1. The fourth-order valence-electron chi connectivity index (χ4n) is 3.22. The molecule has 3 rings (SSSR count). The van der Waals surface area contributed by atoms with Gasteiger partial charge in [0.05, 0.1) is 11.1 Å². The molecule has 0 saturated carbocycles. The van der Waals surface area contributed by atoms with E-state index in [0.29, 0.717) is 46.0 Å². The third kappa shape index (κ3) is 4.03. The van der Waals surface area contributed by atoms with Crippen molar-refractivity contribution in [2.24, 2.45) is 0 Å². The van der Waals surface area contributed by atoms with Gasteiger partial charge in [-0.15, -0.1) is 0 Å². The number of carbonyl (C=O) groups excluding carboxylic acids is 1. The van der Waals surface area contributed by atoms with Crippen LogP contribution in [0, 0.1) is 6.92 Å². The molecule has 2 N–H and O–H groups in total. The molecule has 0 radical (unpaired) electrons. The summed E-state index contributed by atoms with van der Waals surface area (Å²) in [7, 11) is 0. The average molecular weight is 412 g/mol. The molecule has 0 atom stereocenters. The second-order valence-corrected chi connectivity index (χ2v) is 7.03. The van der Waals surface area contributed by atoms with E-state index in [0.717, 1.165) is 5.56 Å². The molecule has 3 aromatic rings. The predicted octanol–water partition coefficient (Wildman–Crippen LogP) is 5.12. The van der Waals surface area contributed by atoms with E-state index in [2.05, 4.69) is 10.3 Å². The Balaban J connectivity index is 2.14. The molecular formula is C22H22ClN3O3. The zero-order valence-corrected chi connectivity index (χ0v) is 17.2. The van der Waals surface area contributed by atoms with Crippen molar-refractivity contribution in [3.05, 3.63) is 64.3 Å². The molecule has 1 aromatic heterocycles. The molecule has 2 aromatic carbocycles. The first-order valence-electron chi connectivity index (χ1n) is 9.34. The van der Waals surface area contributed by atoms with Gasteiger partial charge in [-0.2, -0.15) is 0 Å². The van der Waals surface area contributed by atoms with Crippen LogP contribution in [0.15, 0.2) is 42.6 Å². The highest BCUT2D eigenvalue weighted by atomic mass is 35.5. The van der Waals surface area contributed by atoms with Crippen LogP contribution in [0.2, 0.25) is 5.02 Å². The minimum Gasteiger partial charge on any atom is -0.478 e. The van der Waals surface area contributed by atoms with Crippen LogP contribution in [0.4, 0.5) is 11.5 Å². The number of carboxylic acid groups (broad SMARTS) is 1. The normalized spacial score (nSPS) is 10.8. The fourth-order valence-corrected chi connectivity index (χ4v) is 3.49. The number of benzene rings is 2. The molecule has 0 aliphatic carbocycles. The maximum atomic E-state index is 13.0. The van der Waals surface area contributed by atoms with E-state index < -0.39 is 5.97 Å². The van der Waals surface area contributed by atoms with Gasteiger partial charge in [0.1, 0.15) is 5.82 Å². The number of anilines is 2. The highest BCUT2D eigenvalue weighted by Crippen LogP contribution is 2.33. The molecule has 0 bridgehead atoms. The van der Waals surface area contributed by atoms with Gasteiger partial charge in [0, 0.05) is 40.8 Å². The summed E-state index contributed by atoms with van der Waals surface area (Å²) < 4.78 is 0. The van der Waals surface area contributed by atoms with Gasteiger partial charge in [0.15, 0.2) is 0 Å². The number of nitrogens with one attached hydrogen (secondary N) is 1. The summed E-state index contributed by atoms with van der Waals surface area (Å²) in [6.45, 7) is 6.89. The fraction of sp³-hybridized carbons (Fsp3) is 0.227. The largest absolute Gasteiger partial charge is 0.478 e. The molecule has 1 amide bonds. The predicted molar refractivity (Wildman–Crippen MR) is 115 cm³/mol. The van der Waals surface area contributed by atoms with Crippen molar-refractivity contribution in [3.63, 3.8) is 0 Å². The van der Waals surface area contributed by atoms with Crippen LogP contribution in [0.3, 0.4) is 0 Å². The molecule has 29 heavy (non-hydrogen) atoms. The monoisotopic (exact) mass is 411 g/mol. The second-order valence-electron chi connectivity index (χ2n) is 6.62. The SMILES string of the molecule is CCN(CC)C(=O)c1cnc(Nc2cc(C(=O)O)ccc2C)c2cccc(Cl)c12. The van der Waals surface area contributed by atoms with Gasteiger partial charge in [-0.3, -0.25) is 4.79 Å². The number of hydrogen-bond donors (Lipinski definition) is 2. The lowest BCUT2D eigenvalue weighted by Gasteiger charge is -2.20. The standard InChI is InChI=1S/C22H22ClN3O3/c1-4-26(5-2)21(27)16-12-24-20(15-7-6-8-17(23)19(15)16)25-18-11-14(22(28)29)10-9-13(18)3/h6-12H,4-5H2,1-3H3,(H,24,25)(H,28,29). The average Bonchev–Trinajstić information content (AvgIpc) is 2.70. The molecule has 0 aliphatic heterocycles. The summed E-state index contributed by atoms with van der Waals surface area (Å²) in [6, 6.07) is 10.2. The van der Waals surface area contributed by atoms with Gasteiger partial charge in [-0.1, -0.05) is 29.8 Å². The van der Waals surface area contributed by atoms with E-state index in [4.69, 9.17) is 11.6 Å². The summed E-state index contributed by atoms with van der Waals surface area (Å²) >= 11 is 6.47. The minimum atomic E-state index is -1.01. The molecule has 150 valence electrons. The number of rotatable bonds is 6. The number of amides is 1. The number of fused-ring (bicyclic) bond motifs is 1. The Kier molecular flexibility index (Phi) is 6.03. The van der Waals surface area contributed by atoms with Crippen molar-refractivity contribution in [3.8, 4) is 0 Å². The van der Waals surface area contributed by atoms with E-state index >= 15 is 0 Å². The molecular weight excluding hydrogens is 390 g/mol. The Hall–Kier alpha value is -3.12. The Morgan fingerprint density at radius 1 is 1.17 bits per heavy atom. The lowest BCUT2D eigenvalue weighted by Crippen LogP contribution is -2.30. The molecule has 1 heterocycles. The molecule has 0 unspecified atom stereocenters. The van der Waals surface area contributed by atoms with Gasteiger partial charge < -0.3 is 15.3 Å². The number of aromatic carboxylic acids is 1. The number of aromatic nitrogens is 1. The number of carbonyl (C=O) groups is 2. The van der Waals surface area contributed by atoms with Crippen LogP contribution >= 0.6 is 11.6 Å². The zero-order chi connectivity index (χ0) is 21.1. The third-order valence-corrected chi connectivity index (χ3v) is 5.19. The number of nitrogens with zero attached hydrogens (tertiary/aromatic N) is 2. The first kappa shape index (κ1) is 20.6. The smallest absolute Gasteiger partial charge is 0.335 e. The van der Waals surface area contributed by atoms with Gasteiger partial charge in [0.25, 0.3) is 5.91 Å². The number of carboxylic acids is 1. The molecule has 7 heteroatoms. The summed E-state index contributed by atoms with van der Waals surface area (Å²) in [5.41, 5.74) is 2.11. The molecule has 0 saturated heterocycles. The number of pyridine rings is 1. The molecule has 0 aliphatic rings. The van der Waals surface area contributed by atoms with Crippen LogP contribution in [0.25, 0.3) is 10.8 Å². The Labute approximate surface area is 174 Å². The van der Waals surface area contributed by atoms with E-state index in [-0.39, 0.29) is 11.5 Å². The first-order valence-corrected chi connectivity index (χ1v) is 9.72. The molecule has 6 nitrogen and oxygen atoms in total. The lowest BCUT2D eigenvalue weighted by atomic mass is 10.0. The van der Waals surface area contributed by atoms with Gasteiger partial charge in [-0.05, 0) is 44.5 Å². The third-order valence-electron chi connectivity index (χ3n) is 4.88. The highest BCUT2D eigenvalue weighted by molar-refractivity contribution is 6.37. The minimum absolute atomic E-state index is 0.129. The summed E-state index contributed by atoms with van der Waals surface area (Å²) in [5.74, 6) is -0.630. The van der Waals surface area contributed by atoms with E-state index in [1.54, 1.807) is 35.2 Å². The van der Waals surface area contributed by atoms with Crippen LogP contribution in [-0.2, 0) is 0 Å². The molecule has 0 spiro atoms. The van der Waals surface area contributed by atoms with Crippen molar-refractivity contribution in [2.75, 3.05) is 18.4 Å². The van der Waals surface area contributed by atoms with Gasteiger partial charge in [0.2, 0.25) is 0 Å². The van der Waals surface area contributed by atoms with Crippen molar-refractivity contribution in [2.45, 2.75) is 20.8 Å². The summed E-state index contributed by atoms with van der Waals surface area (Å²) in [5, 5.41) is 14.2. The Bertz CT molecular complexity index is 1090. The lowest BCUT2D eigenvalue weighted by molar-refractivity contribution is 0.0696. The van der Waals surface area contributed by atoms with Crippen LogP contribution < -0.4 is 5.32 Å². The van der Waals surface area contributed by atoms with Crippen LogP contribution in [0.1, 0.15) is 40.1 Å². The van der Waals surface area contributed by atoms with Crippen LogP contribution in [0.5, 0.6) is 0 Å². The van der Waals surface area contributed by atoms with E-state index in [9.17, 15) is 14.7 Å². The van der Waals surface area contributed by atoms with Crippen LogP contribution in [-0.4, -0.2) is 40.0 Å². The number of aryl methyl sites for hydroxylation is 1. The van der Waals surface area contributed by atoms with Gasteiger partial charge in [-0.25, -0.2) is 9.78 Å². The van der Waals surface area contributed by atoms with E-state index in [1.807, 2.05) is 26.8 Å². The second kappa shape index (κ2) is 8.49. The van der Waals surface area contributed by atoms with Gasteiger partial charge >= 0.3 is 5.97 Å². The van der Waals surface area contributed by atoms with Crippen molar-refractivity contribution in [1.82, 2.24) is 9.88 Å². The van der Waals surface area contributed by atoms with Crippen molar-refractivity contribution >= 4 is 45.8 Å².